The van der Waals surface area contributed by atoms with Gasteiger partial charge in [-0.05, 0) is 30.3 Å². The molecule has 1 N–H and O–H groups in total. The molecular weight excluding hydrogens is 248 g/mol. The Morgan fingerprint density at radius 2 is 2.28 bits per heavy atom. The van der Waals surface area contributed by atoms with E-state index in [1.54, 1.807) is 0 Å². The molecule has 1 unspecified atom stereocenters. The first-order valence-electron chi connectivity index (χ1n) is 6.66. The van der Waals surface area contributed by atoms with Crippen molar-refractivity contribution < 1.29 is 4.74 Å². The van der Waals surface area contributed by atoms with E-state index in [1.165, 1.54) is 5.56 Å². The van der Waals surface area contributed by atoms with Crippen molar-refractivity contribution >= 4 is 11.6 Å². The Labute approximate surface area is 113 Å². The Hall–Kier alpha value is -0.770. The molecule has 2 aliphatic heterocycles. The molecule has 1 atom stereocenters. The number of hydrogen-bond acceptors (Lipinski definition) is 3. The van der Waals surface area contributed by atoms with Crippen molar-refractivity contribution in [3.8, 4) is 5.75 Å². The van der Waals surface area contributed by atoms with E-state index in [-0.39, 0.29) is 6.10 Å². The summed E-state index contributed by atoms with van der Waals surface area (Å²) in [6, 6.07) is 6.60. The first-order chi connectivity index (χ1) is 8.76. The topological polar surface area (TPSA) is 24.5 Å². The van der Waals surface area contributed by atoms with Crippen LogP contribution >= 0.6 is 11.6 Å². The molecule has 3 rings (SSSR count). The fourth-order valence-corrected chi connectivity index (χ4v) is 2.92. The Morgan fingerprint density at radius 3 is 2.94 bits per heavy atom. The van der Waals surface area contributed by atoms with Crippen LogP contribution in [0.3, 0.4) is 0 Å². The number of likely N-dealkylation sites (N-methyl/N-ethyl adjacent to an activating group) is 1. The molecule has 0 aromatic heterocycles. The maximum atomic E-state index is 6.01. The van der Waals surface area contributed by atoms with Crippen LogP contribution in [0, 0.1) is 0 Å². The van der Waals surface area contributed by atoms with Gasteiger partial charge in [0.1, 0.15) is 11.9 Å². The van der Waals surface area contributed by atoms with Gasteiger partial charge in [0, 0.05) is 37.1 Å². The Balaban J connectivity index is 1.62. The first-order valence-corrected chi connectivity index (χ1v) is 7.04. The van der Waals surface area contributed by atoms with E-state index in [9.17, 15) is 0 Å². The largest absolute Gasteiger partial charge is 0.488 e. The quantitative estimate of drug-likeness (QED) is 0.901. The second kappa shape index (κ2) is 5.08. The second-order valence-corrected chi connectivity index (χ2v) is 5.53. The SMILES string of the molecule is CCN(CC1Cc2cc(Cl)ccc2O1)C1CNC1. The third-order valence-electron chi connectivity index (χ3n) is 3.88. The normalized spacial score (nSPS) is 22.7. The Bertz CT molecular complexity index is 434. The zero-order chi connectivity index (χ0) is 12.5. The summed E-state index contributed by atoms with van der Waals surface area (Å²) >= 11 is 6.01. The fourth-order valence-electron chi connectivity index (χ4n) is 2.72. The highest BCUT2D eigenvalue weighted by Gasteiger charge is 2.29. The molecule has 1 fully saturated rings. The maximum absolute atomic E-state index is 6.01. The van der Waals surface area contributed by atoms with Crippen molar-refractivity contribution in [3.05, 3.63) is 28.8 Å². The third kappa shape index (κ3) is 2.35. The van der Waals surface area contributed by atoms with E-state index in [1.807, 2.05) is 18.2 Å². The molecule has 2 heterocycles. The highest BCUT2D eigenvalue weighted by molar-refractivity contribution is 6.30. The van der Waals surface area contributed by atoms with Gasteiger partial charge in [0.25, 0.3) is 0 Å². The van der Waals surface area contributed by atoms with Gasteiger partial charge >= 0.3 is 0 Å². The number of benzene rings is 1. The molecule has 1 aromatic carbocycles. The third-order valence-corrected chi connectivity index (χ3v) is 4.12. The lowest BCUT2D eigenvalue weighted by atomic mass is 10.1. The molecule has 0 radical (unpaired) electrons. The molecule has 1 saturated heterocycles. The number of halogens is 1. The van der Waals surface area contributed by atoms with Crippen LogP contribution < -0.4 is 10.1 Å². The van der Waals surface area contributed by atoms with E-state index in [0.717, 1.165) is 43.4 Å². The minimum Gasteiger partial charge on any atom is -0.488 e. The minimum absolute atomic E-state index is 0.277. The number of nitrogens with zero attached hydrogens (tertiary/aromatic N) is 1. The van der Waals surface area contributed by atoms with Crippen LogP contribution in [-0.2, 0) is 6.42 Å². The van der Waals surface area contributed by atoms with E-state index in [0.29, 0.717) is 6.04 Å². The van der Waals surface area contributed by atoms with Gasteiger partial charge in [-0.15, -0.1) is 0 Å². The molecule has 0 aliphatic carbocycles. The predicted molar refractivity (Wildman–Crippen MR) is 73.5 cm³/mol. The molecule has 1 aromatic rings. The summed E-state index contributed by atoms with van der Waals surface area (Å²) in [5, 5.41) is 4.13. The van der Waals surface area contributed by atoms with Gasteiger partial charge in [0.2, 0.25) is 0 Å². The zero-order valence-electron chi connectivity index (χ0n) is 10.7. The van der Waals surface area contributed by atoms with E-state index in [2.05, 4.69) is 17.1 Å². The standard InChI is InChI=1S/C14H19ClN2O/c1-2-17(12-7-16-8-12)9-13-6-10-5-11(15)3-4-14(10)18-13/h3-5,12-13,16H,2,6-9H2,1H3. The average Bonchev–Trinajstić information content (AvgIpc) is 2.67. The summed E-state index contributed by atoms with van der Waals surface area (Å²) in [6.45, 7) is 6.54. The Morgan fingerprint density at radius 1 is 1.44 bits per heavy atom. The van der Waals surface area contributed by atoms with Crippen LogP contribution in [0.5, 0.6) is 5.75 Å². The van der Waals surface area contributed by atoms with Crippen LogP contribution in [0.15, 0.2) is 18.2 Å². The highest BCUT2D eigenvalue weighted by Crippen LogP contribution is 2.31. The van der Waals surface area contributed by atoms with Gasteiger partial charge in [0.15, 0.2) is 0 Å². The molecule has 3 nitrogen and oxygen atoms in total. The van der Waals surface area contributed by atoms with Crippen molar-refractivity contribution in [3.63, 3.8) is 0 Å². The smallest absolute Gasteiger partial charge is 0.123 e. The van der Waals surface area contributed by atoms with Gasteiger partial charge in [0.05, 0.1) is 0 Å². The van der Waals surface area contributed by atoms with Crippen molar-refractivity contribution in [2.75, 3.05) is 26.2 Å². The molecule has 98 valence electrons. The second-order valence-electron chi connectivity index (χ2n) is 5.10. The molecule has 18 heavy (non-hydrogen) atoms. The van der Waals surface area contributed by atoms with Crippen molar-refractivity contribution in [2.45, 2.75) is 25.5 Å². The number of fused-ring (bicyclic) bond motifs is 1. The van der Waals surface area contributed by atoms with Crippen LogP contribution in [0.25, 0.3) is 0 Å². The summed E-state index contributed by atoms with van der Waals surface area (Å²) in [6.07, 6.45) is 1.26. The van der Waals surface area contributed by atoms with Gasteiger partial charge in [-0.2, -0.15) is 0 Å². The lowest BCUT2D eigenvalue weighted by Gasteiger charge is -2.38. The number of ether oxygens (including phenoxy) is 1. The molecule has 0 saturated carbocycles. The van der Waals surface area contributed by atoms with Gasteiger partial charge in [-0.3, -0.25) is 4.90 Å². The van der Waals surface area contributed by atoms with E-state index in [4.69, 9.17) is 16.3 Å². The molecular formula is C14H19ClN2O. The maximum Gasteiger partial charge on any atom is 0.123 e. The van der Waals surface area contributed by atoms with Crippen LogP contribution in [-0.4, -0.2) is 43.2 Å². The molecule has 0 bridgehead atoms. The number of nitrogens with one attached hydrogen (secondary N) is 1. The first kappa shape index (κ1) is 12.3. The van der Waals surface area contributed by atoms with E-state index >= 15 is 0 Å². The summed E-state index contributed by atoms with van der Waals surface area (Å²) in [7, 11) is 0. The summed E-state index contributed by atoms with van der Waals surface area (Å²) in [5.74, 6) is 1.01. The lowest BCUT2D eigenvalue weighted by molar-refractivity contribution is 0.0951. The zero-order valence-corrected chi connectivity index (χ0v) is 11.4. The summed E-state index contributed by atoms with van der Waals surface area (Å²) < 4.78 is 5.99. The van der Waals surface area contributed by atoms with Gasteiger partial charge in [-0.1, -0.05) is 18.5 Å². The highest BCUT2D eigenvalue weighted by atomic mass is 35.5. The van der Waals surface area contributed by atoms with Gasteiger partial charge in [-0.25, -0.2) is 0 Å². The van der Waals surface area contributed by atoms with Crippen molar-refractivity contribution in [1.82, 2.24) is 10.2 Å². The molecule has 0 amide bonds. The summed E-state index contributed by atoms with van der Waals surface area (Å²) in [4.78, 5) is 2.51. The van der Waals surface area contributed by atoms with E-state index < -0.39 is 0 Å². The van der Waals surface area contributed by atoms with Crippen molar-refractivity contribution in [2.24, 2.45) is 0 Å². The average molecular weight is 267 g/mol. The molecule has 2 aliphatic rings. The minimum atomic E-state index is 0.277. The van der Waals surface area contributed by atoms with Crippen LogP contribution in [0.1, 0.15) is 12.5 Å². The predicted octanol–water partition coefficient (Wildman–Crippen LogP) is 1.94. The van der Waals surface area contributed by atoms with Crippen LogP contribution in [0.4, 0.5) is 0 Å². The number of hydrogen-bond donors (Lipinski definition) is 1. The van der Waals surface area contributed by atoms with Gasteiger partial charge < -0.3 is 10.1 Å². The van der Waals surface area contributed by atoms with Crippen molar-refractivity contribution in [1.29, 1.82) is 0 Å². The Kier molecular flexibility index (Phi) is 3.46. The monoisotopic (exact) mass is 266 g/mol. The number of rotatable bonds is 4. The molecule has 0 spiro atoms. The lowest BCUT2D eigenvalue weighted by Crippen LogP contribution is -2.58. The van der Waals surface area contributed by atoms with Crippen LogP contribution in [0.2, 0.25) is 5.02 Å². The fraction of sp³-hybridized carbons (Fsp3) is 0.571. The molecule has 4 heteroatoms. The summed E-state index contributed by atoms with van der Waals surface area (Å²) in [5.41, 5.74) is 1.25.